The second kappa shape index (κ2) is 10.4. The first-order valence-electron chi connectivity index (χ1n) is 9.61. The number of sulfonamides is 1. The highest BCUT2D eigenvalue weighted by atomic mass is 35.5. The average molecular weight is 473 g/mol. The van der Waals surface area contributed by atoms with Crippen LogP contribution in [-0.2, 0) is 21.4 Å². The monoisotopic (exact) mass is 472 g/mol. The van der Waals surface area contributed by atoms with Crippen LogP contribution < -0.4 is 14.8 Å². The van der Waals surface area contributed by atoms with Gasteiger partial charge in [0.25, 0.3) is 5.91 Å². The molecule has 0 radical (unpaired) electrons. The number of anilines is 1. The molecule has 32 heavy (non-hydrogen) atoms. The van der Waals surface area contributed by atoms with Gasteiger partial charge in [-0.25, -0.2) is 13.1 Å². The predicted octanol–water partition coefficient (Wildman–Crippen LogP) is 4.04. The van der Waals surface area contributed by atoms with Crippen molar-refractivity contribution in [3.8, 4) is 5.75 Å². The molecule has 3 rings (SSSR count). The summed E-state index contributed by atoms with van der Waals surface area (Å²) in [7, 11) is -3.78. The maximum absolute atomic E-state index is 12.5. The fourth-order valence-corrected chi connectivity index (χ4v) is 4.12. The fraction of sp³-hybridized carbons (Fsp3) is 0.130. The standard InChI is InChI=1S/C23H21ClN2O5S/c1-16(27)18-8-5-9-19(12-18)26-23(28)15-31-22-11-10-20(13-21(22)24)32(29,30)25-14-17-6-3-2-4-7-17/h2-13,25H,14-15H2,1H3,(H,26,28). The molecule has 0 atom stereocenters. The van der Waals surface area contributed by atoms with Crippen LogP contribution in [0.3, 0.4) is 0 Å². The van der Waals surface area contributed by atoms with E-state index in [0.717, 1.165) is 5.56 Å². The number of carbonyl (C=O) groups is 2. The highest BCUT2D eigenvalue weighted by molar-refractivity contribution is 7.89. The zero-order valence-electron chi connectivity index (χ0n) is 17.2. The lowest BCUT2D eigenvalue weighted by Gasteiger charge is -2.11. The Balaban J connectivity index is 1.59. The molecule has 0 aliphatic carbocycles. The van der Waals surface area contributed by atoms with E-state index in [-0.39, 0.29) is 34.6 Å². The molecule has 0 heterocycles. The second-order valence-corrected chi connectivity index (χ2v) is 9.05. The van der Waals surface area contributed by atoms with Crippen LogP contribution in [0.2, 0.25) is 5.02 Å². The normalized spacial score (nSPS) is 11.1. The lowest BCUT2D eigenvalue weighted by atomic mass is 10.1. The summed E-state index contributed by atoms with van der Waals surface area (Å²) in [5, 5.41) is 2.68. The summed E-state index contributed by atoms with van der Waals surface area (Å²) in [4.78, 5) is 23.6. The first-order valence-corrected chi connectivity index (χ1v) is 11.5. The Kier molecular flexibility index (Phi) is 7.63. The van der Waals surface area contributed by atoms with Gasteiger partial charge in [0.2, 0.25) is 10.0 Å². The van der Waals surface area contributed by atoms with E-state index >= 15 is 0 Å². The molecule has 2 N–H and O–H groups in total. The number of hydrogen-bond donors (Lipinski definition) is 2. The van der Waals surface area contributed by atoms with Crippen LogP contribution in [0.1, 0.15) is 22.8 Å². The first kappa shape index (κ1) is 23.5. The number of nitrogens with one attached hydrogen (secondary N) is 2. The Morgan fingerprint density at radius 2 is 1.72 bits per heavy atom. The van der Waals surface area contributed by atoms with Gasteiger partial charge in [0.05, 0.1) is 9.92 Å². The van der Waals surface area contributed by atoms with E-state index in [1.165, 1.54) is 25.1 Å². The lowest BCUT2D eigenvalue weighted by molar-refractivity contribution is -0.118. The smallest absolute Gasteiger partial charge is 0.262 e. The van der Waals surface area contributed by atoms with E-state index in [4.69, 9.17) is 16.3 Å². The molecule has 0 bridgehead atoms. The summed E-state index contributed by atoms with van der Waals surface area (Å²) in [6.07, 6.45) is 0. The summed E-state index contributed by atoms with van der Waals surface area (Å²) in [6, 6.07) is 19.7. The van der Waals surface area contributed by atoms with Gasteiger partial charge in [-0.3, -0.25) is 9.59 Å². The molecule has 0 spiro atoms. The Labute approximate surface area is 191 Å². The van der Waals surface area contributed by atoms with Crippen molar-refractivity contribution >= 4 is 39.0 Å². The van der Waals surface area contributed by atoms with Crippen LogP contribution in [0.25, 0.3) is 0 Å². The van der Waals surface area contributed by atoms with Gasteiger partial charge in [-0.05, 0) is 42.8 Å². The highest BCUT2D eigenvalue weighted by Gasteiger charge is 2.16. The summed E-state index contributed by atoms with van der Waals surface area (Å²) in [5.41, 5.74) is 1.76. The van der Waals surface area contributed by atoms with Crippen molar-refractivity contribution in [2.45, 2.75) is 18.4 Å². The van der Waals surface area contributed by atoms with Crippen molar-refractivity contribution in [1.29, 1.82) is 0 Å². The van der Waals surface area contributed by atoms with Gasteiger partial charge >= 0.3 is 0 Å². The fourth-order valence-electron chi connectivity index (χ4n) is 2.78. The molecule has 166 valence electrons. The van der Waals surface area contributed by atoms with Crippen LogP contribution in [0.4, 0.5) is 5.69 Å². The van der Waals surface area contributed by atoms with Crippen molar-refractivity contribution in [1.82, 2.24) is 4.72 Å². The number of ether oxygens (including phenoxy) is 1. The Bertz CT molecular complexity index is 1230. The van der Waals surface area contributed by atoms with Crippen LogP contribution in [0.5, 0.6) is 5.75 Å². The van der Waals surface area contributed by atoms with E-state index < -0.39 is 15.9 Å². The van der Waals surface area contributed by atoms with E-state index in [1.54, 1.807) is 24.3 Å². The zero-order chi connectivity index (χ0) is 23.1. The molecule has 0 saturated carbocycles. The Morgan fingerprint density at radius 3 is 2.41 bits per heavy atom. The van der Waals surface area contributed by atoms with Gasteiger partial charge in [-0.2, -0.15) is 0 Å². The van der Waals surface area contributed by atoms with Crippen LogP contribution in [-0.4, -0.2) is 26.7 Å². The number of amides is 1. The van der Waals surface area contributed by atoms with E-state index in [0.29, 0.717) is 11.3 Å². The molecule has 0 aromatic heterocycles. The van der Waals surface area contributed by atoms with Gasteiger partial charge < -0.3 is 10.1 Å². The molecule has 0 fully saturated rings. The molecule has 7 nitrogen and oxygen atoms in total. The van der Waals surface area contributed by atoms with Crippen LogP contribution in [0, 0.1) is 0 Å². The summed E-state index contributed by atoms with van der Waals surface area (Å²) in [5.74, 6) is -0.401. The molecule has 0 unspecified atom stereocenters. The third-order valence-electron chi connectivity index (χ3n) is 4.43. The molecule has 1 amide bonds. The predicted molar refractivity (Wildman–Crippen MR) is 122 cm³/mol. The molecular formula is C23H21ClN2O5S. The number of ketones is 1. The minimum absolute atomic E-state index is 0.0173. The van der Waals surface area contributed by atoms with E-state index in [9.17, 15) is 18.0 Å². The topological polar surface area (TPSA) is 102 Å². The lowest BCUT2D eigenvalue weighted by Crippen LogP contribution is -2.23. The number of Topliss-reactive ketones (excluding diaryl/α,β-unsaturated/α-hetero) is 1. The molecule has 0 aliphatic rings. The van der Waals surface area contributed by atoms with Crippen molar-refractivity contribution in [3.05, 3.63) is 88.9 Å². The summed E-state index contributed by atoms with van der Waals surface area (Å²) < 4.78 is 33.0. The van der Waals surface area contributed by atoms with Crippen LogP contribution >= 0.6 is 11.6 Å². The van der Waals surface area contributed by atoms with Gasteiger partial charge in [0.1, 0.15) is 5.75 Å². The number of benzene rings is 3. The van der Waals surface area contributed by atoms with Crippen molar-refractivity contribution < 1.29 is 22.7 Å². The van der Waals surface area contributed by atoms with Gasteiger partial charge in [-0.1, -0.05) is 54.1 Å². The Morgan fingerprint density at radius 1 is 0.969 bits per heavy atom. The maximum Gasteiger partial charge on any atom is 0.262 e. The Hall–Kier alpha value is -3.20. The first-order chi connectivity index (χ1) is 15.2. The molecule has 3 aromatic rings. The van der Waals surface area contributed by atoms with Gasteiger partial charge in [-0.15, -0.1) is 0 Å². The van der Waals surface area contributed by atoms with Crippen molar-refractivity contribution in [3.63, 3.8) is 0 Å². The quantitative estimate of drug-likeness (QED) is 0.458. The SMILES string of the molecule is CC(=O)c1cccc(NC(=O)COc2ccc(S(=O)(=O)NCc3ccccc3)cc2Cl)c1. The van der Waals surface area contributed by atoms with Crippen LogP contribution in [0.15, 0.2) is 77.7 Å². The summed E-state index contributed by atoms with van der Waals surface area (Å²) in [6.45, 7) is 1.24. The molecular weight excluding hydrogens is 452 g/mol. The molecule has 9 heteroatoms. The van der Waals surface area contributed by atoms with Crippen molar-refractivity contribution in [2.75, 3.05) is 11.9 Å². The number of carbonyl (C=O) groups excluding carboxylic acids is 2. The number of halogens is 1. The van der Waals surface area contributed by atoms with Gasteiger partial charge in [0.15, 0.2) is 12.4 Å². The zero-order valence-corrected chi connectivity index (χ0v) is 18.7. The molecule has 3 aromatic carbocycles. The third-order valence-corrected chi connectivity index (χ3v) is 6.13. The molecule has 0 saturated heterocycles. The summed E-state index contributed by atoms with van der Waals surface area (Å²) >= 11 is 6.17. The minimum atomic E-state index is -3.78. The van der Waals surface area contributed by atoms with E-state index in [1.807, 2.05) is 30.3 Å². The largest absolute Gasteiger partial charge is 0.482 e. The number of hydrogen-bond acceptors (Lipinski definition) is 5. The highest BCUT2D eigenvalue weighted by Crippen LogP contribution is 2.27. The van der Waals surface area contributed by atoms with E-state index in [2.05, 4.69) is 10.0 Å². The van der Waals surface area contributed by atoms with Gasteiger partial charge in [0, 0.05) is 17.8 Å². The molecule has 0 aliphatic heterocycles. The number of rotatable bonds is 9. The minimum Gasteiger partial charge on any atom is -0.482 e. The average Bonchev–Trinajstić information content (AvgIpc) is 2.78. The van der Waals surface area contributed by atoms with Crippen molar-refractivity contribution in [2.24, 2.45) is 0 Å². The second-order valence-electron chi connectivity index (χ2n) is 6.88. The maximum atomic E-state index is 12.5. The third kappa shape index (κ3) is 6.40.